The first-order valence-corrected chi connectivity index (χ1v) is 5.39. The molecule has 0 fully saturated rings. The second kappa shape index (κ2) is 7.65. The minimum Gasteiger partial charge on any atom is -0.299 e. The number of benzene rings is 1. The number of hydrogen-bond acceptors (Lipinski definition) is 1. The number of aldehydes is 1. The third-order valence-corrected chi connectivity index (χ3v) is 1.99. The molecule has 0 saturated heterocycles. The quantitative estimate of drug-likeness (QED) is 0.444. The lowest BCUT2D eigenvalue weighted by atomic mass is 10.0. The lowest BCUT2D eigenvalue weighted by Gasteiger charge is -2.06. The van der Waals surface area contributed by atoms with Crippen LogP contribution in [0.5, 0.6) is 0 Å². The van der Waals surface area contributed by atoms with E-state index in [0.717, 1.165) is 12.1 Å². The van der Waals surface area contributed by atoms with Crippen LogP contribution in [0.2, 0.25) is 0 Å². The summed E-state index contributed by atoms with van der Waals surface area (Å²) >= 11 is 0. The van der Waals surface area contributed by atoms with Crippen molar-refractivity contribution in [2.45, 2.75) is 27.2 Å². The Morgan fingerprint density at radius 2 is 1.82 bits per heavy atom. The highest BCUT2D eigenvalue weighted by atomic mass is 19.2. The number of rotatable bonds is 3. The summed E-state index contributed by atoms with van der Waals surface area (Å²) in [6, 6.07) is 1.34. The lowest BCUT2D eigenvalue weighted by molar-refractivity contribution is -0.104. The summed E-state index contributed by atoms with van der Waals surface area (Å²) in [5.74, 6) is -3.25. The van der Waals surface area contributed by atoms with Gasteiger partial charge in [0.2, 0.25) is 0 Å². The summed E-state index contributed by atoms with van der Waals surface area (Å²) in [5, 5.41) is 0. The van der Waals surface area contributed by atoms with E-state index in [4.69, 9.17) is 0 Å². The first kappa shape index (κ1) is 15.4. The number of allylic oxidation sites excluding steroid dienone is 2. The van der Waals surface area contributed by atoms with E-state index in [1.54, 1.807) is 6.92 Å². The highest BCUT2D eigenvalue weighted by molar-refractivity contribution is 5.81. The van der Waals surface area contributed by atoms with Gasteiger partial charge in [-0.15, -0.1) is 0 Å². The van der Waals surface area contributed by atoms with Gasteiger partial charge in [-0.05, 0) is 24.1 Å². The predicted octanol–water partition coefficient (Wildman–Crippen LogP) is 4.12. The molecule has 0 saturated carbocycles. The van der Waals surface area contributed by atoms with E-state index in [9.17, 15) is 18.0 Å². The van der Waals surface area contributed by atoms with Crippen LogP contribution in [0.4, 0.5) is 13.2 Å². The third kappa shape index (κ3) is 4.06. The zero-order valence-electron chi connectivity index (χ0n) is 10.1. The molecule has 0 atom stereocenters. The average Bonchev–Trinajstić information content (AvgIpc) is 2.33. The van der Waals surface area contributed by atoms with Crippen LogP contribution >= 0.6 is 0 Å². The molecule has 0 bridgehead atoms. The van der Waals surface area contributed by atoms with Gasteiger partial charge in [-0.1, -0.05) is 20.8 Å². The molecule has 0 aliphatic rings. The Hall–Kier alpha value is -1.58. The fraction of sp³-hybridized carbons (Fsp3) is 0.308. The molecule has 4 heteroatoms. The molecule has 1 aromatic carbocycles. The topological polar surface area (TPSA) is 17.1 Å². The molecule has 0 N–H and O–H groups in total. The van der Waals surface area contributed by atoms with Crippen molar-refractivity contribution in [1.29, 1.82) is 0 Å². The summed E-state index contributed by atoms with van der Waals surface area (Å²) in [4.78, 5) is 10.2. The Morgan fingerprint density at radius 3 is 2.29 bits per heavy atom. The van der Waals surface area contributed by atoms with Crippen LogP contribution in [0.25, 0.3) is 5.57 Å². The van der Waals surface area contributed by atoms with Crippen LogP contribution in [0, 0.1) is 17.5 Å². The standard InChI is InChI=1S/C11H9F3O.C2H6/c1-2-7(3-4-15)9-5-8(12)6-10(13)11(9)14;1-2/h3-6H,2H2,1H3;1-2H3/b7-3+;. The molecular formula is C13H15F3O. The first-order valence-electron chi connectivity index (χ1n) is 5.39. The van der Waals surface area contributed by atoms with E-state index in [-0.39, 0.29) is 11.1 Å². The molecular weight excluding hydrogens is 229 g/mol. The monoisotopic (exact) mass is 244 g/mol. The molecule has 0 aliphatic heterocycles. The molecule has 0 amide bonds. The Kier molecular flexibility index (Phi) is 6.94. The van der Waals surface area contributed by atoms with Crippen LogP contribution in [0.15, 0.2) is 18.2 Å². The van der Waals surface area contributed by atoms with Gasteiger partial charge in [-0.25, -0.2) is 13.2 Å². The van der Waals surface area contributed by atoms with E-state index >= 15 is 0 Å². The molecule has 0 heterocycles. The Balaban J connectivity index is 0.00000121. The minimum atomic E-state index is -1.25. The van der Waals surface area contributed by atoms with Gasteiger partial charge in [-0.3, -0.25) is 4.79 Å². The Bertz CT molecular complexity index is 411. The maximum Gasteiger partial charge on any atom is 0.166 e. The van der Waals surface area contributed by atoms with Crippen LogP contribution in [0.3, 0.4) is 0 Å². The SMILES string of the molecule is CC.CC/C(=C\C=O)c1cc(F)cc(F)c1F. The van der Waals surface area contributed by atoms with Crippen molar-refractivity contribution in [2.75, 3.05) is 0 Å². The summed E-state index contributed by atoms with van der Waals surface area (Å²) in [6.07, 6.45) is 1.87. The van der Waals surface area contributed by atoms with Crippen molar-refractivity contribution >= 4 is 11.9 Å². The smallest absolute Gasteiger partial charge is 0.166 e. The normalized spacial score (nSPS) is 10.6. The van der Waals surface area contributed by atoms with Crippen LogP contribution in [-0.4, -0.2) is 6.29 Å². The maximum atomic E-state index is 13.2. The van der Waals surface area contributed by atoms with Gasteiger partial charge in [0.25, 0.3) is 0 Å². The van der Waals surface area contributed by atoms with Crippen LogP contribution in [-0.2, 0) is 4.79 Å². The minimum absolute atomic E-state index is 0.206. The molecule has 0 aliphatic carbocycles. The van der Waals surface area contributed by atoms with Gasteiger partial charge < -0.3 is 0 Å². The number of carbonyl (C=O) groups is 1. The number of halogens is 3. The molecule has 17 heavy (non-hydrogen) atoms. The molecule has 1 rings (SSSR count). The summed E-state index contributed by atoms with van der Waals surface area (Å²) < 4.78 is 38.9. The molecule has 1 aromatic rings. The number of hydrogen-bond donors (Lipinski definition) is 0. The zero-order chi connectivity index (χ0) is 13.4. The lowest BCUT2D eigenvalue weighted by Crippen LogP contribution is -1.96. The van der Waals surface area contributed by atoms with Gasteiger partial charge in [0.1, 0.15) is 12.1 Å². The van der Waals surface area contributed by atoms with Crippen molar-refractivity contribution < 1.29 is 18.0 Å². The molecule has 0 unspecified atom stereocenters. The van der Waals surface area contributed by atoms with Gasteiger partial charge in [-0.2, -0.15) is 0 Å². The van der Waals surface area contributed by atoms with Gasteiger partial charge in [0.15, 0.2) is 11.6 Å². The second-order valence-electron chi connectivity index (χ2n) is 2.93. The highest BCUT2D eigenvalue weighted by Crippen LogP contribution is 2.23. The summed E-state index contributed by atoms with van der Waals surface area (Å²) in [5.41, 5.74) is 0.0583. The first-order chi connectivity index (χ1) is 8.10. The molecule has 0 aromatic heterocycles. The average molecular weight is 244 g/mol. The summed E-state index contributed by atoms with van der Waals surface area (Å²) in [7, 11) is 0. The second-order valence-corrected chi connectivity index (χ2v) is 2.93. The largest absolute Gasteiger partial charge is 0.299 e. The van der Waals surface area contributed by atoms with E-state index in [1.165, 1.54) is 0 Å². The Morgan fingerprint density at radius 1 is 1.24 bits per heavy atom. The van der Waals surface area contributed by atoms with E-state index in [2.05, 4.69) is 0 Å². The van der Waals surface area contributed by atoms with Crippen molar-refractivity contribution in [2.24, 2.45) is 0 Å². The maximum absolute atomic E-state index is 13.2. The van der Waals surface area contributed by atoms with Crippen molar-refractivity contribution in [3.63, 3.8) is 0 Å². The Labute approximate surface area is 99.0 Å². The molecule has 1 nitrogen and oxygen atoms in total. The predicted molar refractivity (Wildman–Crippen MR) is 62.0 cm³/mol. The van der Waals surface area contributed by atoms with Gasteiger partial charge >= 0.3 is 0 Å². The van der Waals surface area contributed by atoms with Crippen molar-refractivity contribution in [1.82, 2.24) is 0 Å². The van der Waals surface area contributed by atoms with Crippen molar-refractivity contribution in [3.05, 3.63) is 41.2 Å². The third-order valence-electron chi connectivity index (χ3n) is 1.99. The van der Waals surface area contributed by atoms with Gasteiger partial charge in [0.05, 0.1) is 0 Å². The van der Waals surface area contributed by atoms with Crippen molar-refractivity contribution in [3.8, 4) is 0 Å². The van der Waals surface area contributed by atoms with Crippen LogP contribution < -0.4 is 0 Å². The zero-order valence-corrected chi connectivity index (χ0v) is 10.1. The van der Waals surface area contributed by atoms with E-state index in [0.29, 0.717) is 18.8 Å². The van der Waals surface area contributed by atoms with E-state index in [1.807, 2.05) is 13.8 Å². The molecule has 94 valence electrons. The fourth-order valence-corrected chi connectivity index (χ4v) is 1.27. The molecule has 0 radical (unpaired) electrons. The fourth-order valence-electron chi connectivity index (χ4n) is 1.27. The number of carbonyl (C=O) groups excluding carboxylic acids is 1. The van der Waals surface area contributed by atoms with Gasteiger partial charge in [0, 0.05) is 11.6 Å². The summed E-state index contributed by atoms with van der Waals surface area (Å²) in [6.45, 7) is 5.66. The van der Waals surface area contributed by atoms with E-state index < -0.39 is 17.5 Å². The molecule has 0 spiro atoms. The van der Waals surface area contributed by atoms with Crippen LogP contribution in [0.1, 0.15) is 32.8 Å². The highest BCUT2D eigenvalue weighted by Gasteiger charge is 2.13.